The van der Waals surface area contributed by atoms with Crippen LogP contribution in [0.3, 0.4) is 0 Å². The smallest absolute Gasteiger partial charge is 0.318 e. The van der Waals surface area contributed by atoms with Gasteiger partial charge in [-0.3, -0.25) is 4.79 Å². The van der Waals surface area contributed by atoms with Gasteiger partial charge in [0.2, 0.25) is 0 Å². The van der Waals surface area contributed by atoms with E-state index in [1.165, 1.54) is 0 Å². The molecular formula is C4H8O4S2. The first-order valence-corrected chi connectivity index (χ1v) is 4.90. The van der Waals surface area contributed by atoms with Gasteiger partial charge in [0.1, 0.15) is 9.84 Å². The van der Waals surface area contributed by atoms with Crippen LogP contribution in [0.1, 0.15) is 6.42 Å². The molecule has 4 nitrogen and oxygen atoms in total. The Labute approximate surface area is 65.1 Å². The lowest BCUT2D eigenvalue weighted by Gasteiger charge is -1.94. The molecule has 0 saturated heterocycles. The SMILES string of the molecule is CS(=O)(=O)CCC(=O)OS. The van der Waals surface area contributed by atoms with Crippen molar-refractivity contribution in [3.8, 4) is 0 Å². The average Bonchev–Trinajstić information content (AvgIpc) is 1.81. The van der Waals surface area contributed by atoms with Gasteiger partial charge in [-0.25, -0.2) is 8.42 Å². The largest absolute Gasteiger partial charge is 0.395 e. The van der Waals surface area contributed by atoms with Crippen LogP contribution < -0.4 is 0 Å². The van der Waals surface area contributed by atoms with E-state index < -0.39 is 15.8 Å². The molecule has 0 saturated carbocycles. The lowest BCUT2D eigenvalue weighted by molar-refractivity contribution is -0.132. The molecule has 0 spiro atoms. The maximum atomic E-state index is 10.4. The minimum atomic E-state index is -3.06. The number of hydrogen-bond acceptors (Lipinski definition) is 5. The highest BCUT2D eigenvalue weighted by molar-refractivity contribution is 7.90. The molecule has 0 rings (SSSR count). The first kappa shape index (κ1) is 9.77. The molecule has 0 N–H and O–H groups in total. The quantitative estimate of drug-likeness (QED) is 0.488. The Bertz CT molecular complexity index is 205. The number of sulfone groups is 1. The van der Waals surface area contributed by atoms with Gasteiger partial charge in [-0.1, -0.05) is 0 Å². The van der Waals surface area contributed by atoms with E-state index in [1.807, 2.05) is 0 Å². The van der Waals surface area contributed by atoms with Crippen LogP contribution in [-0.4, -0.2) is 26.4 Å². The fourth-order valence-corrected chi connectivity index (χ4v) is 0.943. The van der Waals surface area contributed by atoms with Gasteiger partial charge < -0.3 is 4.18 Å². The van der Waals surface area contributed by atoms with E-state index in [-0.39, 0.29) is 12.2 Å². The molecule has 0 heterocycles. The Morgan fingerprint density at radius 1 is 1.60 bits per heavy atom. The van der Waals surface area contributed by atoms with Gasteiger partial charge in [0.05, 0.1) is 12.2 Å². The van der Waals surface area contributed by atoms with Crippen molar-refractivity contribution in [1.29, 1.82) is 0 Å². The number of hydrogen-bond donors (Lipinski definition) is 1. The van der Waals surface area contributed by atoms with Crippen LogP contribution in [0, 0.1) is 0 Å². The molecule has 0 aromatic heterocycles. The molecule has 0 fully saturated rings. The van der Waals surface area contributed by atoms with Crippen LogP contribution in [0.5, 0.6) is 0 Å². The zero-order valence-corrected chi connectivity index (χ0v) is 7.11. The summed E-state index contributed by atoms with van der Waals surface area (Å²) in [6.45, 7) is 0. The highest BCUT2D eigenvalue weighted by atomic mass is 32.2. The van der Waals surface area contributed by atoms with Crippen LogP contribution in [0.2, 0.25) is 0 Å². The van der Waals surface area contributed by atoms with Crippen LogP contribution in [0.15, 0.2) is 0 Å². The molecule has 0 aliphatic heterocycles. The van der Waals surface area contributed by atoms with Crippen molar-refractivity contribution >= 4 is 28.7 Å². The molecular weight excluding hydrogens is 176 g/mol. The van der Waals surface area contributed by atoms with Crippen LogP contribution in [-0.2, 0) is 18.8 Å². The Kier molecular flexibility index (Phi) is 3.73. The van der Waals surface area contributed by atoms with E-state index in [0.717, 1.165) is 6.26 Å². The second-order valence-electron chi connectivity index (χ2n) is 1.84. The van der Waals surface area contributed by atoms with Crippen molar-refractivity contribution in [2.75, 3.05) is 12.0 Å². The zero-order valence-electron chi connectivity index (χ0n) is 5.40. The molecule has 10 heavy (non-hydrogen) atoms. The third-order valence-electron chi connectivity index (χ3n) is 0.779. The summed E-state index contributed by atoms with van der Waals surface area (Å²) < 4.78 is 24.8. The summed E-state index contributed by atoms with van der Waals surface area (Å²) in [6, 6.07) is 0. The lowest BCUT2D eigenvalue weighted by atomic mass is 10.5. The summed E-state index contributed by atoms with van der Waals surface area (Å²) in [4.78, 5) is 10.3. The van der Waals surface area contributed by atoms with E-state index in [2.05, 4.69) is 17.1 Å². The molecule has 60 valence electrons. The van der Waals surface area contributed by atoms with Crippen LogP contribution in [0.4, 0.5) is 0 Å². The number of thiol groups is 1. The normalized spacial score (nSPS) is 11.0. The zero-order chi connectivity index (χ0) is 8.20. The monoisotopic (exact) mass is 184 g/mol. The van der Waals surface area contributed by atoms with Gasteiger partial charge in [0.15, 0.2) is 0 Å². The fourth-order valence-electron chi connectivity index (χ4n) is 0.314. The first-order chi connectivity index (χ1) is 4.45. The Morgan fingerprint density at radius 2 is 2.10 bits per heavy atom. The molecule has 0 bridgehead atoms. The topological polar surface area (TPSA) is 60.4 Å². The predicted molar refractivity (Wildman–Crippen MR) is 39.4 cm³/mol. The summed E-state index contributed by atoms with van der Waals surface area (Å²) in [7, 11) is -3.06. The average molecular weight is 184 g/mol. The van der Waals surface area contributed by atoms with Crippen molar-refractivity contribution in [3.05, 3.63) is 0 Å². The summed E-state index contributed by atoms with van der Waals surface area (Å²) in [5, 5.41) is 0. The molecule has 0 unspecified atom stereocenters. The number of carbonyl (C=O) groups excluding carboxylic acids is 1. The van der Waals surface area contributed by atoms with E-state index in [0.29, 0.717) is 0 Å². The van der Waals surface area contributed by atoms with Gasteiger partial charge >= 0.3 is 5.97 Å². The van der Waals surface area contributed by atoms with Gasteiger partial charge in [0, 0.05) is 19.2 Å². The van der Waals surface area contributed by atoms with Gasteiger partial charge in [-0.2, -0.15) is 0 Å². The van der Waals surface area contributed by atoms with Crippen LogP contribution in [0.25, 0.3) is 0 Å². The predicted octanol–water partition coefficient (Wildman–Crippen LogP) is -0.191. The second kappa shape index (κ2) is 3.82. The first-order valence-electron chi connectivity index (χ1n) is 2.47. The van der Waals surface area contributed by atoms with Gasteiger partial charge in [0.25, 0.3) is 0 Å². The molecule has 0 aliphatic rings. The third kappa shape index (κ3) is 5.90. The number of rotatable bonds is 3. The maximum absolute atomic E-state index is 10.4. The van der Waals surface area contributed by atoms with E-state index in [1.54, 1.807) is 0 Å². The summed E-state index contributed by atoms with van der Waals surface area (Å²) in [5.41, 5.74) is 0. The minimum absolute atomic E-state index is 0.137. The summed E-state index contributed by atoms with van der Waals surface area (Å²) in [5.74, 6) is -0.819. The Morgan fingerprint density at radius 3 is 2.40 bits per heavy atom. The van der Waals surface area contributed by atoms with Crippen molar-refractivity contribution < 1.29 is 17.4 Å². The maximum Gasteiger partial charge on any atom is 0.318 e. The minimum Gasteiger partial charge on any atom is -0.395 e. The number of carbonyl (C=O) groups is 1. The highest BCUT2D eigenvalue weighted by Crippen LogP contribution is 1.92. The summed E-state index contributed by atoms with van der Waals surface area (Å²) >= 11 is 3.20. The standard InChI is InChI=1S/C4H8O4S2/c1-10(6,7)3-2-4(5)8-9/h9H,2-3H2,1H3. The Balaban J connectivity index is 3.67. The van der Waals surface area contributed by atoms with Gasteiger partial charge in [-0.15, -0.1) is 0 Å². The molecule has 6 heteroatoms. The van der Waals surface area contributed by atoms with E-state index >= 15 is 0 Å². The van der Waals surface area contributed by atoms with E-state index in [4.69, 9.17) is 0 Å². The highest BCUT2D eigenvalue weighted by Gasteiger charge is 2.07. The third-order valence-corrected chi connectivity index (χ3v) is 1.93. The van der Waals surface area contributed by atoms with E-state index in [9.17, 15) is 13.2 Å². The van der Waals surface area contributed by atoms with Crippen molar-refractivity contribution in [1.82, 2.24) is 0 Å². The molecule has 0 radical (unpaired) electrons. The molecule has 0 amide bonds. The van der Waals surface area contributed by atoms with Crippen molar-refractivity contribution in [2.45, 2.75) is 6.42 Å². The van der Waals surface area contributed by atoms with Crippen LogP contribution >= 0.6 is 12.9 Å². The van der Waals surface area contributed by atoms with Gasteiger partial charge in [-0.05, 0) is 0 Å². The molecule has 0 aromatic rings. The molecule has 0 aromatic carbocycles. The second-order valence-corrected chi connectivity index (χ2v) is 4.29. The molecule has 0 aliphatic carbocycles. The molecule has 0 atom stereocenters. The van der Waals surface area contributed by atoms with Crippen molar-refractivity contribution in [3.63, 3.8) is 0 Å². The Hall–Kier alpha value is -0.230. The summed E-state index contributed by atoms with van der Waals surface area (Å²) in [6.07, 6.45) is 0.918. The lowest BCUT2D eigenvalue weighted by Crippen LogP contribution is -2.08. The van der Waals surface area contributed by atoms with Crippen molar-refractivity contribution in [2.24, 2.45) is 0 Å². The fraction of sp³-hybridized carbons (Fsp3) is 0.750.